The molecule has 2 rings (SSSR count). The van der Waals surface area contributed by atoms with Crippen molar-refractivity contribution < 1.29 is 22.7 Å². The third kappa shape index (κ3) is 4.35. The second-order valence-corrected chi connectivity index (χ2v) is 4.98. The van der Waals surface area contributed by atoms with Crippen LogP contribution in [0.5, 0.6) is 0 Å². The van der Waals surface area contributed by atoms with Crippen LogP contribution < -0.4 is 5.73 Å². The first-order chi connectivity index (χ1) is 9.87. The number of nitrogens with zero attached hydrogens (tertiary/aromatic N) is 1. The minimum absolute atomic E-state index is 0.0208. The highest BCUT2D eigenvalue weighted by Crippen LogP contribution is 2.21. The predicted octanol–water partition coefficient (Wildman–Crippen LogP) is 2.24. The lowest BCUT2D eigenvalue weighted by molar-refractivity contribution is -0.174. The van der Waals surface area contributed by atoms with Gasteiger partial charge in [-0.1, -0.05) is 6.07 Å². The number of carbonyl (C=O) groups excluding carboxylic acids is 1. The molecule has 0 saturated heterocycles. The Kier molecular flexibility index (Phi) is 4.72. The zero-order valence-corrected chi connectivity index (χ0v) is 11.4. The number of hydrogen-bond donors (Lipinski definition) is 1. The van der Waals surface area contributed by atoms with Crippen molar-refractivity contribution in [3.63, 3.8) is 0 Å². The molecular formula is C14H17F3N2O2. The summed E-state index contributed by atoms with van der Waals surface area (Å²) in [6.45, 7) is -0.326. The number of halogens is 3. The molecule has 0 saturated carbocycles. The number of nitrogens with two attached hydrogens (primary N) is 1. The maximum Gasteiger partial charge on any atom is 0.411 e. The molecule has 4 nitrogen and oxygen atoms in total. The average molecular weight is 302 g/mol. The van der Waals surface area contributed by atoms with Gasteiger partial charge in [0.05, 0.1) is 0 Å². The lowest BCUT2D eigenvalue weighted by Crippen LogP contribution is -2.38. The van der Waals surface area contributed by atoms with Crippen molar-refractivity contribution in [1.82, 2.24) is 4.90 Å². The van der Waals surface area contributed by atoms with E-state index < -0.39 is 12.8 Å². The molecule has 1 heterocycles. The summed E-state index contributed by atoms with van der Waals surface area (Å²) in [4.78, 5) is 13.9. The van der Waals surface area contributed by atoms with Crippen LogP contribution in [0.15, 0.2) is 18.2 Å². The van der Waals surface area contributed by atoms with Crippen molar-refractivity contribution >= 4 is 11.6 Å². The number of rotatable bonds is 5. The molecule has 2 N–H and O–H groups in total. The summed E-state index contributed by atoms with van der Waals surface area (Å²) < 4.78 is 40.2. The first kappa shape index (κ1) is 15.6. The van der Waals surface area contributed by atoms with Gasteiger partial charge >= 0.3 is 6.18 Å². The molecule has 1 aromatic carbocycles. The summed E-state index contributed by atoms with van der Waals surface area (Å²) in [5, 5.41) is 0. The molecule has 0 aliphatic carbocycles. The second kappa shape index (κ2) is 6.34. The van der Waals surface area contributed by atoms with Crippen LogP contribution in [0.4, 0.5) is 18.9 Å². The van der Waals surface area contributed by atoms with Crippen molar-refractivity contribution in [2.45, 2.75) is 19.0 Å². The summed E-state index contributed by atoms with van der Waals surface area (Å²) in [6, 6.07) is 5.24. The van der Waals surface area contributed by atoms with Crippen LogP contribution in [-0.2, 0) is 11.2 Å². The van der Waals surface area contributed by atoms with Crippen LogP contribution in [0.1, 0.15) is 22.3 Å². The van der Waals surface area contributed by atoms with Crippen molar-refractivity contribution in [3.8, 4) is 0 Å². The lowest BCUT2D eigenvalue weighted by atomic mass is 9.98. The summed E-state index contributed by atoms with van der Waals surface area (Å²) in [5.74, 6) is -0.126. The van der Waals surface area contributed by atoms with Gasteiger partial charge in [-0.25, -0.2) is 0 Å². The molecule has 0 atom stereocenters. The largest absolute Gasteiger partial charge is 0.411 e. The Bertz CT molecular complexity index is 517. The van der Waals surface area contributed by atoms with E-state index in [0.29, 0.717) is 30.8 Å². The normalized spacial score (nSPS) is 15.2. The number of fused-ring (bicyclic) bond motifs is 1. The van der Waals surface area contributed by atoms with Gasteiger partial charge in [0.2, 0.25) is 0 Å². The van der Waals surface area contributed by atoms with E-state index in [-0.39, 0.29) is 12.5 Å². The Balaban J connectivity index is 1.82. The van der Waals surface area contributed by atoms with Gasteiger partial charge in [-0.15, -0.1) is 0 Å². The minimum atomic E-state index is -4.31. The summed E-state index contributed by atoms with van der Waals surface area (Å²) in [7, 11) is 0. The standard InChI is InChI=1S/C14H17F3N2O2/c15-14(16,17)9-21-7-1-5-19-6-4-10-2-3-11(18)8-12(10)13(19)20/h2-3,8H,1,4-7,9,18H2. The van der Waals surface area contributed by atoms with Crippen LogP contribution in [0, 0.1) is 0 Å². The number of alkyl halides is 3. The average Bonchev–Trinajstić information content (AvgIpc) is 2.40. The Labute approximate surface area is 120 Å². The summed E-state index contributed by atoms with van der Waals surface area (Å²) in [5.41, 5.74) is 7.74. The molecule has 0 spiro atoms. The highest BCUT2D eigenvalue weighted by molar-refractivity contribution is 5.97. The fraction of sp³-hybridized carbons (Fsp3) is 0.500. The van der Waals surface area contributed by atoms with E-state index in [1.54, 1.807) is 17.0 Å². The van der Waals surface area contributed by atoms with E-state index in [1.807, 2.05) is 6.07 Å². The first-order valence-electron chi connectivity index (χ1n) is 6.69. The van der Waals surface area contributed by atoms with Crippen LogP contribution in [-0.4, -0.2) is 43.3 Å². The molecule has 116 valence electrons. The van der Waals surface area contributed by atoms with Gasteiger partial charge in [0, 0.05) is 30.9 Å². The quantitative estimate of drug-likeness (QED) is 0.670. The molecule has 1 aromatic rings. The molecule has 7 heteroatoms. The maximum absolute atomic E-state index is 12.2. The van der Waals surface area contributed by atoms with Gasteiger partial charge in [0.25, 0.3) is 5.91 Å². The van der Waals surface area contributed by atoms with Crippen LogP contribution in [0.2, 0.25) is 0 Å². The maximum atomic E-state index is 12.2. The summed E-state index contributed by atoms with van der Waals surface area (Å²) >= 11 is 0. The number of hydrogen-bond acceptors (Lipinski definition) is 3. The van der Waals surface area contributed by atoms with Gasteiger partial charge in [-0.3, -0.25) is 4.79 Å². The predicted molar refractivity (Wildman–Crippen MR) is 72.0 cm³/mol. The number of ether oxygens (including phenoxy) is 1. The Morgan fingerprint density at radius 2 is 2.10 bits per heavy atom. The fourth-order valence-corrected chi connectivity index (χ4v) is 2.30. The zero-order valence-electron chi connectivity index (χ0n) is 11.4. The van der Waals surface area contributed by atoms with E-state index in [1.165, 1.54) is 0 Å². The molecule has 1 aliphatic heterocycles. The molecule has 21 heavy (non-hydrogen) atoms. The molecule has 0 radical (unpaired) electrons. The van der Waals surface area contributed by atoms with Crippen LogP contribution >= 0.6 is 0 Å². The van der Waals surface area contributed by atoms with Gasteiger partial charge in [0.1, 0.15) is 6.61 Å². The van der Waals surface area contributed by atoms with Crippen molar-refractivity contribution in [2.75, 3.05) is 32.0 Å². The van der Waals surface area contributed by atoms with E-state index >= 15 is 0 Å². The number of carbonyl (C=O) groups is 1. The molecule has 0 unspecified atom stereocenters. The third-order valence-electron chi connectivity index (χ3n) is 3.29. The molecule has 1 amide bonds. The molecular weight excluding hydrogens is 285 g/mol. The highest BCUT2D eigenvalue weighted by atomic mass is 19.4. The Hall–Kier alpha value is -1.76. The van der Waals surface area contributed by atoms with E-state index in [2.05, 4.69) is 4.74 Å². The number of benzene rings is 1. The minimum Gasteiger partial charge on any atom is -0.399 e. The van der Waals surface area contributed by atoms with Crippen LogP contribution in [0.25, 0.3) is 0 Å². The lowest BCUT2D eigenvalue weighted by Gasteiger charge is -2.28. The Morgan fingerprint density at radius 1 is 1.33 bits per heavy atom. The molecule has 0 fully saturated rings. The SMILES string of the molecule is Nc1ccc2c(c1)C(=O)N(CCCOCC(F)(F)F)CC2. The van der Waals surface area contributed by atoms with Crippen molar-refractivity contribution in [1.29, 1.82) is 0 Å². The van der Waals surface area contributed by atoms with Gasteiger partial charge in [0.15, 0.2) is 0 Å². The van der Waals surface area contributed by atoms with Gasteiger partial charge in [-0.2, -0.15) is 13.2 Å². The summed E-state index contributed by atoms with van der Waals surface area (Å²) in [6.07, 6.45) is -3.21. The first-order valence-corrected chi connectivity index (χ1v) is 6.69. The monoisotopic (exact) mass is 302 g/mol. The number of anilines is 1. The number of amides is 1. The Morgan fingerprint density at radius 3 is 2.81 bits per heavy atom. The zero-order chi connectivity index (χ0) is 15.5. The van der Waals surface area contributed by atoms with E-state index in [0.717, 1.165) is 12.0 Å². The molecule has 0 bridgehead atoms. The van der Waals surface area contributed by atoms with Gasteiger partial charge in [-0.05, 0) is 30.5 Å². The number of nitrogen functional groups attached to an aromatic ring is 1. The molecule has 1 aliphatic rings. The van der Waals surface area contributed by atoms with Gasteiger partial charge < -0.3 is 15.4 Å². The second-order valence-electron chi connectivity index (χ2n) is 4.98. The van der Waals surface area contributed by atoms with Crippen LogP contribution in [0.3, 0.4) is 0 Å². The van der Waals surface area contributed by atoms with Crippen molar-refractivity contribution in [3.05, 3.63) is 29.3 Å². The fourth-order valence-electron chi connectivity index (χ4n) is 2.30. The van der Waals surface area contributed by atoms with Crippen molar-refractivity contribution in [2.24, 2.45) is 0 Å². The van der Waals surface area contributed by atoms with E-state index in [4.69, 9.17) is 5.73 Å². The van der Waals surface area contributed by atoms with E-state index in [9.17, 15) is 18.0 Å². The third-order valence-corrected chi connectivity index (χ3v) is 3.29. The molecule has 0 aromatic heterocycles. The highest BCUT2D eigenvalue weighted by Gasteiger charge is 2.27. The smallest absolute Gasteiger partial charge is 0.399 e. The topological polar surface area (TPSA) is 55.6 Å².